The molecule has 0 radical (unpaired) electrons. The molecular weight excluding hydrogens is 1360 g/mol. The molecule has 8 N–H and O–H groups in total. The van der Waals surface area contributed by atoms with Crippen molar-refractivity contribution < 1.29 is 245 Å². The van der Waals surface area contributed by atoms with Gasteiger partial charge in [-0.2, -0.15) is 65.2 Å². The van der Waals surface area contributed by atoms with Crippen molar-refractivity contribution >= 4 is 124 Å². The predicted octanol–water partition coefficient (Wildman–Crippen LogP) is -9.18. The van der Waals surface area contributed by atoms with Gasteiger partial charge in [-0.25, -0.2) is 31.4 Å². The van der Waals surface area contributed by atoms with E-state index >= 15 is 0 Å². The second-order valence-corrected chi connectivity index (χ2v) is 21.7. The number of rotatable bonds is 11. The standard InChI is InChI=1S/C52H44N6O11S2.C6H7N.3CO2.5Na.O3S.H/c1-27-21-29(3)48(57-51(61)54-34-14-8-7-9-15-34)31(5)46(27)53-36-19-20-37-41(24-36)69-42-26-40(44(71(66,67)68)25-39(42)45(37)38-17-10-11-18-43(38)70(63,64)65)56-47-28(2)22-30(4)49(32(47)6)58-52(62)55-35-16-12-13-33(23-35)50(59)60;7-6-4-2-1-3-5-6;3*2-1-3;;;;;;1-4(2)3;/h7-8,10-18,20-26,53H,1-6H3,(H,59,60)(H2,54,57,61)(H2,55,58,62)(H,63,64,65)(H,66,67,68);1-5H,7H2;;;;;;;;;;/q-2;;;;;5*+1;;-1/p-2. The van der Waals surface area contributed by atoms with Crippen LogP contribution >= 0.6 is 0 Å². The normalized spacial score (nSPS) is 9.94. The number of anilines is 7. The molecule has 472 valence electrons. The van der Waals surface area contributed by atoms with Crippen molar-refractivity contribution in [2.45, 2.75) is 51.3 Å². The van der Waals surface area contributed by atoms with Crippen molar-refractivity contribution in [3.05, 3.63) is 196 Å². The third kappa shape index (κ3) is 27.0. The number of fused-ring (bicyclic) bond motifs is 2. The second kappa shape index (κ2) is 43.7. The molecule has 1 aliphatic heterocycles. The number of hydrogen-bond donors (Lipinski definition) is 7. The summed E-state index contributed by atoms with van der Waals surface area (Å²) >= 11 is 0. The molecule has 96 heavy (non-hydrogen) atoms. The summed E-state index contributed by atoms with van der Waals surface area (Å²) in [5, 5.41) is 25.8. The Morgan fingerprint density at radius 3 is 1.58 bits per heavy atom. The van der Waals surface area contributed by atoms with Crippen LogP contribution in [0.2, 0.25) is 0 Å². The summed E-state index contributed by atoms with van der Waals surface area (Å²) in [6, 6.07) is 41.0. The zero-order valence-electron chi connectivity index (χ0n) is 54.2. The Bertz CT molecular complexity index is 4700. The van der Waals surface area contributed by atoms with Gasteiger partial charge in [0, 0.05) is 39.3 Å². The minimum Gasteiger partial charge on any atom is -1.00 e. The number of aromatic carboxylic acids is 1. The van der Waals surface area contributed by atoms with E-state index in [1.54, 1.807) is 57.2 Å². The number of amides is 4. The number of benzene rings is 8. The first-order chi connectivity index (χ1) is 42.9. The van der Waals surface area contributed by atoms with E-state index in [1.807, 2.05) is 57.2 Å². The molecule has 0 unspecified atom stereocenters. The maximum Gasteiger partial charge on any atom is 1.00 e. The van der Waals surface area contributed by atoms with Crippen LogP contribution in [-0.4, -0.2) is 75.1 Å². The van der Waals surface area contributed by atoms with Gasteiger partial charge in [-0.1, -0.05) is 76.9 Å². The molecule has 0 bridgehead atoms. The van der Waals surface area contributed by atoms with Gasteiger partial charge >= 0.3 is 189 Å². The molecule has 0 spiro atoms. The first kappa shape index (κ1) is 91.5. The Hall–Kier alpha value is -6.58. The fraction of sp³-hybridized carbons (Fsp3) is 0.0984. The Kier molecular flexibility index (Phi) is 41.6. The quantitative estimate of drug-likeness (QED) is 0.0208. The van der Waals surface area contributed by atoms with Gasteiger partial charge < -0.3 is 57.2 Å². The Morgan fingerprint density at radius 2 is 1.07 bits per heavy atom. The van der Waals surface area contributed by atoms with E-state index in [-0.39, 0.29) is 218 Å². The van der Waals surface area contributed by atoms with E-state index in [9.17, 15) is 45.4 Å². The van der Waals surface area contributed by atoms with E-state index in [4.69, 9.17) is 51.5 Å². The van der Waals surface area contributed by atoms with Crippen LogP contribution in [-0.2, 0) is 59.6 Å². The van der Waals surface area contributed by atoms with E-state index in [2.05, 4.69) is 43.7 Å². The molecule has 0 saturated heterocycles. The summed E-state index contributed by atoms with van der Waals surface area (Å²) in [7, 11) is -13.6. The molecule has 7 aromatic rings. The molecular formula is C61H50N7Na5O20S3. The molecule has 27 nitrogen and oxygen atoms in total. The Morgan fingerprint density at radius 1 is 0.573 bits per heavy atom. The number of hydrogen-bond acceptors (Lipinski definition) is 22. The van der Waals surface area contributed by atoms with Gasteiger partial charge in [0.15, 0.2) is 0 Å². The molecule has 7 aromatic carbocycles. The molecule has 4 amide bonds. The van der Waals surface area contributed by atoms with E-state index in [1.165, 1.54) is 54.6 Å². The first-order valence-corrected chi connectivity index (χ1v) is 29.3. The number of para-hydroxylation sites is 1. The molecule has 9 rings (SSSR count). The van der Waals surface area contributed by atoms with Crippen molar-refractivity contribution in [2.24, 2.45) is 0 Å². The number of aryl methyl sites for hydroxylation is 4. The van der Waals surface area contributed by atoms with Crippen molar-refractivity contribution in [2.75, 3.05) is 32.3 Å². The van der Waals surface area contributed by atoms with Gasteiger partial charge in [0.1, 0.15) is 30.9 Å². The zero-order valence-corrected chi connectivity index (χ0v) is 65.7. The fourth-order valence-corrected chi connectivity index (χ4v) is 10.3. The van der Waals surface area contributed by atoms with Crippen molar-refractivity contribution in [1.82, 2.24) is 0 Å². The van der Waals surface area contributed by atoms with Crippen LogP contribution < -0.4 is 196 Å². The largest absolute Gasteiger partial charge is 1.00 e. The number of nitrogen functional groups attached to an aromatic ring is 1. The number of carbonyl (C=O) groups excluding carboxylic acids is 9. The fourth-order valence-electron chi connectivity index (χ4n) is 9.02. The summed E-state index contributed by atoms with van der Waals surface area (Å²) in [6.45, 7) is 10.7. The minimum absolute atomic E-state index is 0. The van der Waals surface area contributed by atoms with Crippen LogP contribution in [0.15, 0.2) is 154 Å². The molecule has 35 heteroatoms. The third-order valence-corrected chi connectivity index (χ3v) is 14.3. The van der Waals surface area contributed by atoms with Crippen LogP contribution in [0.25, 0.3) is 33.4 Å². The monoisotopic (exact) mass is 1410 g/mol. The van der Waals surface area contributed by atoms with Crippen LogP contribution in [0.3, 0.4) is 0 Å². The number of nitrogens with two attached hydrogens (primary N) is 1. The third-order valence-electron chi connectivity index (χ3n) is 12.5. The van der Waals surface area contributed by atoms with Crippen LogP contribution in [0.5, 0.6) is 0 Å². The van der Waals surface area contributed by atoms with Crippen molar-refractivity contribution in [3.63, 3.8) is 0 Å². The van der Waals surface area contributed by atoms with E-state index < -0.39 is 58.7 Å². The van der Waals surface area contributed by atoms with Gasteiger partial charge in [-0.05, 0) is 117 Å². The van der Waals surface area contributed by atoms with E-state index in [0.717, 1.165) is 28.9 Å². The van der Waals surface area contributed by atoms with Crippen LogP contribution in [0.1, 0.15) is 45.2 Å². The SMILES string of the molecule is Cc1cc(C)c(Nc2[c-]cc3c(-c4ccccc4S(=O)(=O)[O-])c4cc(S(=O)(=O)[O-])c(=[NH+]c5c(C)cc(C)c(NC(=O)Nc6cccc(C(=O)[O-])c6)c5C)cc-4oc3c2)c(C)c1NC(=O)Nc1c[c-]ccc1.Nc1ccccc1.O=C=O.O=C=O.O=C=O.O=S(=O)=O.[H-].[Na+].[Na+].[Na+].[Na+].[Na+]. The maximum atomic E-state index is 13.3. The maximum absolute atomic E-state index is 13.3. The number of carboxylic acids is 1. The van der Waals surface area contributed by atoms with Crippen LogP contribution in [0.4, 0.5) is 55.1 Å². The van der Waals surface area contributed by atoms with Gasteiger partial charge in [0.05, 0.1) is 28.3 Å². The summed E-state index contributed by atoms with van der Waals surface area (Å²) in [5.74, 6) is -1.47. The minimum atomic E-state index is -5.33. The molecule has 0 atom stereocenters. The number of nitrogens with one attached hydrogen (secondary N) is 6. The Labute approximate surface area is 663 Å². The predicted molar refractivity (Wildman–Crippen MR) is 319 cm³/mol. The molecule has 2 aliphatic rings. The number of urea groups is 2. The molecule has 1 heterocycles. The second-order valence-electron chi connectivity index (χ2n) is 18.6. The summed E-state index contributed by atoms with van der Waals surface area (Å²) in [5.41, 5.74) is 12.8. The zero-order chi connectivity index (χ0) is 67.9. The van der Waals surface area contributed by atoms with Crippen molar-refractivity contribution in [1.29, 1.82) is 0 Å². The Balaban J connectivity index is -0.00000298. The van der Waals surface area contributed by atoms with Gasteiger partial charge in [-0.3, -0.25) is 0 Å². The summed E-state index contributed by atoms with van der Waals surface area (Å²) in [6.07, 6.45) is 0.750. The van der Waals surface area contributed by atoms with Crippen molar-refractivity contribution in [3.8, 4) is 22.5 Å². The van der Waals surface area contributed by atoms with Gasteiger partial charge in [0.2, 0.25) is 11.0 Å². The smallest absolute Gasteiger partial charge is 1.00 e. The summed E-state index contributed by atoms with van der Waals surface area (Å²) < 4.78 is 110. The number of carbonyl (C=O) groups is 3. The average molecular weight is 1410 g/mol. The van der Waals surface area contributed by atoms with E-state index in [0.29, 0.717) is 56.4 Å². The van der Waals surface area contributed by atoms with Gasteiger partial charge in [0.25, 0.3) is 0 Å². The molecule has 0 aromatic heterocycles. The molecule has 0 fully saturated rings. The topological polar surface area (TPSA) is 456 Å². The number of carboxylic acid groups (broad SMARTS) is 1. The summed E-state index contributed by atoms with van der Waals surface area (Å²) in [4.78, 5) is 88.2. The molecule has 0 saturated carbocycles. The molecule has 1 aliphatic carbocycles. The first-order valence-electron chi connectivity index (χ1n) is 25.5. The van der Waals surface area contributed by atoms with Crippen LogP contribution in [0, 0.1) is 53.7 Å². The average Bonchev–Trinajstić information content (AvgIpc) is 0.737. The van der Waals surface area contributed by atoms with Gasteiger partial charge in [-0.15, -0.1) is 24.8 Å².